The molecule has 0 aliphatic heterocycles. The van der Waals surface area contributed by atoms with E-state index in [4.69, 9.17) is 10.3 Å². The summed E-state index contributed by atoms with van der Waals surface area (Å²) in [6.07, 6.45) is 0. The number of hydrogen-bond acceptors (Lipinski definition) is 3. The molecule has 0 aliphatic rings. The summed E-state index contributed by atoms with van der Waals surface area (Å²) < 4.78 is 5.08. The molecule has 68 valence electrons. The quantitative estimate of drug-likeness (QED) is 0.695. The van der Waals surface area contributed by atoms with Crippen molar-refractivity contribution in [2.45, 2.75) is 39.7 Å². The molecule has 12 heavy (non-hydrogen) atoms. The number of aryl methyl sites for hydroxylation is 1. The minimum atomic E-state index is 0.0682. The van der Waals surface area contributed by atoms with Crippen LogP contribution in [-0.2, 0) is 12.0 Å². The third-order valence-electron chi connectivity index (χ3n) is 1.88. The molecule has 0 aromatic carbocycles. The van der Waals surface area contributed by atoms with E-state index >= 15 is 0 Å². The molecule has 0 aliphatic carbocycles. The Hall–Kier alpha value is -0.830. The smallest absolute Gasteiger partial charge is 0.137 e. The largest absolute Gasteiger partial charge is 0.361 e. The Balaban J connectivity index is 3.19. The third kappa shape index (κ3) is 1.50. The van der Waals surface area contributed by atoms with Crippen molar-refractivity contribution in [2.75, 3.05) is 0 Å². The van der Waals surface area contributed by atoms with E-state index in [1.165, 1.54) is 0 Å². The summed E-state index contributed by atoms with van der Waals surface area (Å²) in [5.74, 6) is 0.878. The summed E-state index contributed by atoms with van der Waals surface area (Å²) in [7, 11) is 0. The number of hydrogen-bond donors (Lipinski definition) is 1. The number of rotatable bonds is 1. The van der Waals surface area contributed by atoms with E-state index in [0.717, 1.165) is 17.0 Å². The Morgan fingerprint density at radius 3 is 2.33 bits per heavy atom. The van der Waals surface area contributed by atoms with Crippen LogP contribution in [0.1, 0.15) is 37.8 Å². The van der Waals surface area contributed by atoms with Crippen molar-refractivity contribution < 1.29 is 4.52 Å². The number of aromatic nitrogens is 1. The van der Waals surface area contributed by atoms with Crippen LogP contribution in [0.4, 0.5) is 0 Å². The lowest BCUT2D eigenvalue weighted by Gasteiger charge is -2.18. The highest BCUT2D eigenvalue weighted by molar-refractivity contribution is 5.29. The first kappa shape index (κ1) is 9.26. The second-order valence-electron chi connectivity index (χ2n) is 4.01. The fraction of sp³-hybridized carbons (Fsp3) is 0.667. The van der Waals surface area contributed by atoms with Crippen LogP contribution in [-0.4, -0.2) is 5.16 Å². The first-order valence-electron chi connectivity index (χ1n) is 4.12. The first-order chi connectivity index (χ1) is 5.46. The van der Waals surface area contributed by atoms with Crippen molar-refractivity contribution in [3.63, 3.8) is 0 Å². The maximum atomic E-state index is 5.54. The van der Waals surface area contributed by atoms with Gasteiger partial charge in [0.2, 0.25) is 0 Å². The highest BCUT2D eigenvalue weighted by Crippen LogP contribution is 2.28. The molecule has 1 heterocycles. The normalized spacial score (nSPS) is 12.1. The molecule has 1 rings (SSSR count). The Bertz CT molecular complexity index is 271. The zero-order valence-corrected chi connectivity index (χ0v) is 8.14. The summed E-state index contributed by atoms with van der Waals surface area (Å²) in [4.78, 5) is 0. The second kappa shape index (κ2) is 2.90. The third-order valence-corrected chi connectivity index (χ3v) is 1.88. The van der Waals surface area contributed by atoms with Gasteiger partial charge in [-0.1, -0.05) is 25.9 Å². The van der Waals surface area contributed by atoms with Gasteiger partial charge in [-0.15, -0.1) is 0 Å². The highest BCUT2D eigenvalue weighted by atomic mass is 16.5. The Morgan fingerprint density at radius 1 is 1.42 bits per heavy atom. The summed E-state index contributed by atoms with van der Waals surface area (Å²) in [6.45, 7) is 8.76. The minimum absolute atomic E-state index is 0.0682. The summed E-state index contributed by atoms with van der Waals surface area (Å²) >= 11 is 0. The molecule has 3 heteroatoms. The van der Waals surface area contributed by atoms with Crippen LogP contribution in [0, 0.1) is 6.92 Å². The highest BCUT2D eigenvalue weighted by Gasteiger charge is 2.23. The average Bonchev–Trinajstić information content (AvgIpc) is 2.29. The molecule has 0 radical (unpaired) electrons. The summed E-state index contributed by atoms with van der Waals surface area (Å²) in [6, 6.07) is 0. The van der Waals surface area contributed by atoms with Crippen LogP contribution in [0.3, 0.4) is 0 Å². The van der Waals surface area contributed by atoms with Gasteiger partial charge in [-0.2, -0.15) is 0 Å². The fourth-order valence-electron chi connectivity index (χ4n) is 1.52. The molecule has 3 nitrogen and oxygen atoms in total. The van der Waals surface area contributed by atoms with Gasteiger partial charge in [0.1, 0.15) is 11.5 Å². The molecule has 0 saturated heterocycles. The predicted octanol–water partition coefficient (Wildman–Crippen LogP) is 1.74. The Labute approximate surface area is 72.9 Å². The molecule has 2 N–H and O–H groups in total. The lowest BCUT2D eigenvalue weighted by atomic mass is 9.85. The Kier molecular flexibility index (Phi) is 2.24. The zero-order valence-electron chi connectivity index (χ0n) is 8.14. The summed E-state index contributed by atoms with van der Waals surface area (Å²) in [5, 5.41) is 3.90. The van der Waals surface area contributed by atoms with Crippen molar-refractivity contribution in [2.24, 2.45) is 5.73 Å². The first-order valence-corrected chi connectivity index (χ1v) is 4.12. The molecule has 0 bridgehead atoms. The molecular weight excluding hydrogens is 152 g/mol. The van der Waals surface area contributed by atoms with Crippen LogP contribution in [0.15, 0.2) is 4.52 Å². The fourth-order valence-corrected chi connectivity index (χ4v) is 1.52. The average molecular weight is 168 g/mol. The molecule has 1 aromatic rings. The van der Waals surface area contributed by atoms with E-state index in [9.17, 15) is 0 Å². The lowest BCUT2D eigenvalue weighted by molar-refractivity contribution is 0.387. The van der Waals surface area contributed by atoms with Crippen LogP contribution in [0.25, 0.3) is 0 Å². The predicted molar refractivity (Wildman–Crippen MR) is 47.8 cm³/mol. The van der Waals surface area contributed by atoms with Crippen LogP contribution in [0.5, 0.6) is 0 Å². The molecular formula is C9H16N2O. The second-order valence-corrected chi connectivity index (χ2v) is 4.01. The standard InChI is InChI=1S/C9H16N2O/c1-6-8(9(2,3)4)7(5-10)11-12-6/h5,10H2,1-4H3. The molecule has 0 amide bonds. The van der Waals surface area contributed by atoms with Gasteiger partial charge in [0, 0.05) is 12.1 Å². The van der Waals surface area contributed by atoms with Gasteiger partial charge in [-0.3, -0.25) is 0 Å². The van der Waals surface area contributed by atoms with E-state index in [0.29, 0.717) is 6.54 Å². The number of nitrogens with zero attached hydrogens (tertiary/aromatic N) is 1. The van der Waals surface area contributed by atoms with Crippen molar-refractivity contribution in [3.05, 3.63) is 17.0 Å². The van der Waals surface area contributed by atoms with E-state index in [-0.39, 0.29) is 5.41 Å². The molecule has 0 spiro atoms. The van der Waals surface area contributed by atoms with Gasteiger partial charge in [0.05, 0.1) is 0 Å². The molecule has 0 saturated carbocycles. The molecule has 0 fully saturated rings. The van der Waals surface area contributed by atoms with Crippen LogP contribution in [0.2, 0.25) is 0 Å². The van der Waals surface area contributed by atoms with E-state index in [2.05, 4.69) is 25.9 Å². The lowest BCUT2D eigenvalue weighted by Crippen LogP contribution is -2.15. The van der Waals surface area contributed by atoms with Crippen LogP contribution < -0.4 is 5.73 Å². The van der Waals surface area contributed by atoms with Crippen molar-refractivity contribution in [3.8, 4) is 0 Å². The molecule has 0 atom stereocenters. The van der Waals surface area contributed by atoms with Crippen molar-refractivity contribution >= 4 is 0 Å². The monoisotopic (exact) mass is 168 g/mol. The van der Waals surface area contributed by atoms with Gasteiger partial charge in [0.15, 0.2) is 0 Å². The number of nitrogens with two attached hydrogens (primary N) is 1. The van der Waals surface area contributed by atoms with Gasteiger partial charge in [-0.05, 0) is 12.3 Å². The van der Waals surface area contributed by atoms with E-state index in [1.807, 2.05) is 6.92 Å². The maximum Gasteiger partial charge on any atom is 0.137 e. The van der Waals surface area contributed by atoms with Crippen LogP contribution >= 0.6 is 0 Å². The topological polar surface area (TPSA) is 52.0 Å². The molecule has 1 aromatic heterocycles. The summed E-state index contributed by atoms with van der Waals surface area (Å²) in [5.41, 5.74) is 7.62. The van der Waals surface area contributed by atoms with Gasteiger partial charge in [-0.25, -0.2) is 0 Å². The van der Waals surface area contributed by atoms with Crippen molar-refractivity contribution in [1.29, 1.82) is 0 Å². The Morgan fingerprint density at radius 2 is 2.00 bits per heavy atom. The SMILES string of the molecule is Cc1onc(CN)c1C(C)(C)C. The van der Waals surface area contributed by atoms with Gasteiger partial charge in [0.25, 0.3) is 0 Å². The maximum absolute atomic E-state index is 5.54. The van der Waals surface area contributed by atoms with Gasteiger partial charge < -0.3 is 10.3 Å². The van der Waals surface area contributed by atoms with Gasteiger partial charge >= 0.3 is 0 Å². The van der Waals surface area contributed by atoms with Crippen molar-refractivity contribution in [1.82, 2.24) is 5.16 Å². The molecule has 0 unspecified atom stereocenters. The van der Waals surface area contributed by atoms with E-state index in [1.54, 1.807) is 0 Å². The zero-order chi connectivity index (χ0) is 9.35. The minimum Gasteiger partial charge on any atom is -0.361 e. The van der Waals surface area contributed by atoms with E-state index < -0.39 is 0 Å².